The van der Waals surface area contributed by atoms with Crippen molar-refractivity contribution in [3.8, 4) is 0 Å². The summed E-state index contributed by atoms with van der Waals surface area (Å²) in [7, 11) is 1.64. The highest BCUT2D eigenvalue weighted by atomic mass is 16.1. The average Bonchev–Trinajstić information content (AvgIpc) is 2.12. The van der Waals surface area contributed by atoms with Crippen molar-refractivity contribution in [1.29, 1.82) is 0 Å². The van der Waals surface area contributed by atoms with Crippen LogP contribution in [0.1, 0.15) is 24.1 Å². The highest BCUT2D eigenvalue weighted by Crippen LogP contribution is 2.13. The number of rotatable bonds is 0. The van der Waals surface area contributed by atoms with E-state index in [0.29, 0.717) is 0 Å². The Bertz CT molecular complexity index is 356. The van der Waals surface area contributed by atoms with Gasteiger partial charge >= 0.3 is 0 Å². The van der Waals surface area contributed by atoms with E-state index in [1.165, 1.54) is 4.68 Å². The predicted molar refractivity (Wildman–Crippen MR) is 43.9 cm³/mol. The normalized spacial score (nSPS) is 15.8. The summed E-state index contributed by atoms with van der Waals surface area (Å²) in [6, 6.07) is 0. The fourth-order valence-corrected chi connectivity index (χ4v) is 1.59. The third-order valence-electron chi connectivity index (χ3n) is 2.29. The van der Waals surface area contributed by atoms with Gasteiger partial charge in [-0.15, -0.1) is 5.10 Å². The largest absolute Gasteiger partial charge is 0.272 e. The Balaban J connectivity index is 2.62. The van der Waals surface area contributed by atoms with Gasteiger partial charge in [0.1, 0.15) is 0 Å². The van der Waals surface area contributed by atoms with Gasteiger partial charge in [-0.25, -0.2) is 4.68 Å². The van der Waals surface area contributed by atoms with E-state index in [0.717, 1.165) is 36.9 Å². The Labute approximate surface area is 70.2 Å². The maximum absolute atomic E-state index is 11.5. The van der Waals surface area contributed by atoms with Crippen molar-refractivity contribution in [2.24, 2.45) is 7.05 Å². The third kappa shape index (κ3) is 1.03. The van der Waals surface area contributed by atoms with Crippen LogP contribution in [0.4, 0.5) is 0 Å². The molecule has 12 heavy (non-hydrogen) atoms. The summed E-state index contributed by atoms with van der Waals surface area (Å²) in [5, 5.41) is 7.74. The molecule has 0 radical (unpaired) electrons. The van der Waals surface area contributed by atoms with E-state index in [2.05, 4.69) is 10.3 Å². The Morgan fingerprint density at radius 1 is 1.33 bits per heavy atom. The van der Waals surface area contributed by atoms with Crippen LogP contribution in [0.3, 0.4) is 0 Å². The van der Waals surface area contributed by atoms with E-state index in [4.69, 9.17) is 0 Å². The molecule has 0 amide bonds. The molecule has 1 aliphatic carbocycles. The fourth-order valence-electron chi connectivity index (χ4n) is 1.59. The van der Waals surface area contributed by atoms with Gasteiger partial charge in [-0.05, 0) is 25.7 Å². The van der Waals surface area contributed by atoms with E-state index >= 15 is 0 Å². The minimum Gasteiger partial charge on any atom is -0.267 e. The van der Waals surface area contributed by atoms with E-state index in [-0.39, 0.29) is 5.56 Å². The van der Waals surface area contributed by atoms with Gasteiger partial charge in [-0.1, -0.05) is 5.21 Å². The molecule has 0 N–H and O–H groups in total. The van der Waals surface area contributed by atoms with Crippen molar-refractivity contribution >= 4 is 0 Å². The topological polar surface area (TPSA) is 47.8 Å². The second-order valence-corrected chi connectivity index (χ2v) is 3.15. The molecule has 1 aromatic heterocycles. The summed E-state index contributed by atoms with van der Waals surface area (Å²) < 4.78 is 1.31. The summed E-state index contributed by atoms with van der Waals surface area (Å²) in [5.74, 6) is 0. The molecule has 0 saturated heterocycles. The molecule has 0 fully saturated rings. The van der Waals surface area contributed by atoms with Crippen LogP contribution in [-0.2, 0) is 19.9 Å². The molecule has 0 atom stereocenters. The van der Waals surface area contributed by atoms with Crippen LogP contribution < -0.4 is 5.56 Å². The number of nitrogens with zero attached hydrogens (tertiary/aromatic N) is 3. The lowest BCUT2D eigenvalue weighted by atomic mass is 9.98. The first kappa shape index (κ1) is 7.46. The molecule has 4 nitrogen and oxygen atoms in total. The quantitative estimate of drug-likeness (QED) is 0.546. The van der Waals surface area contributed by atoms with E-state index in [1.807, 2.05) is 0 Å². The zero-order valence-corrected chi connectivity index (χ0v) is 7.08. The van der Waals surface area contributed by atoms with Crippen LogP contribution in [0.5, 0.6) is 0 Å². The summed E-state index contributed by atoms with van der Waals surface area (Å²) in [5.41, 5.74) is 1.81. The second kappa shape index (κ2) is 2.69. The smallest absolute Gasteiger partial charge is 0.267 e. The summed E-state index contributed by atoms with van der Waals surface area (Å²) in [4.78, 5) is 11.5. The maximum Gasteiger partial charge on any atom is 0.272 e. The highest BCUT2D eigenvalue weighted by molar-refractivity contribution is 5.17. The van der Waals surface area contributed by atoms with Crippen LogP contribution in [0.15, 0.2) is 4.79 Å². The van der Waals surface area contributed by atoms with Gasteiger partial charge in [0.2, 0.25) is 0 Å². The van der Waals surface area contributed by atoms with Gasteiger partial charge in [0, 0.05) is 12.6 Å². The fraction of sp³-hybridized carbons (Fsp3) is 0.625. The molecule has 2 rings (SSSR count). The Morgan fingerprint density at radius 3 is 2.92 bits per heavy atom. The lowest BCUT2D eigenvalue weighted by molar-refractivity contribution is 0.565. The van der Waals surface area contributed by atoms with Crippen molar-refractivity contribution in [3.63, 3.8) is 0 Å². The maximum atomic E-state index is 11.5. The van der Waals surface area contributed by atoms with Crippen LogP contribution >= 0.6 is 0 Å². The highest BCUT2D eigenvalue weighted by Gasteiger charge is 2.14. The minimum absolute atomic E-state index is 0.0275. The first-order valence-corrected chi connectivity index (χ1v) is 4.21. The summed E-state index contributed by atoms with van der Waals surface area (Å²) in [6.45, 7) is 0. The molecular formula is C8H11N3O. The molecule has 0 spiro atoms. The van der Waals surface area contributed by atoms with Gasteiger partial charge in [0.05, 0.1) is 5.69 Å². The molecule has 0 aliphatic heterocycles. The first-order chi connectivity index (χ1) is 5.79. The number of hydrogen-bond acceptors (Lipinski definition) is 3. The van der Waals surface area contributed by atoms with Gasteiger partial charge in [-0.2, -0.15) is 0 Å². The Hall–Kier alpha value is -1.19. The van der Waals surface area contributed by atoms with Gasteiger partial charge in [0.25, 0.3) is 5.56 Å². The Kier molecular flexibility index (Phi) is 1.67. The van der Waals surface area contributed by atoms with Crippen molar-refractivity contribution < 1.29 is 0 Å². The molecule has 0 unspecified atom stereocenters. The van der Waals surface area contributed by atoms with Gasteiger partial charge < -0.3 is 0 Å². The zero-order chi connectivity index (χ0) is 8.55. The molecule has 1 heterocycles. The number of fused-ring (bicyclic) bond motifs is 1. The van der Waals surface area contributed by atoms with Gasteiger partial charge in [0.15, 0.2) is 0 Å². The van der Waals surface area contributed by atoms with Crippen LogP contribution in [0, 0.1) is 0 Å². The molecular weight excluding hydrogens is 154 g/mol. The van der Waals surface area contributed by atoms with Crippen LogP contribution in [0.25, 0.3) is 0 Å². The number of hydrogen-bond donors (Lipinski definition) is 0. The molecule has 0 aromatic carbocycles. The molecule has 0 bridgehead atoms. The average molecular weight is 165 g/mol. The monoisotopic (exact) mass is 165 g/mol. The predicted octanol–water partition coefficient (Wildman–Crippen LogP) is 0.0541. The molecule has 1 aromatic rings. The van der Waals surface area contributed by atoms with Crippen molar-refractivity contribution in [2.45, 2.75) is 25.7 Å². The van der Waals surface area contributed by atoms with Crippen molar-refractivity contribution in [3.05, 3.63) is 21.6 Å². The Morgan fingerprint density at radius 2 is 2.08 bits per heavy atom. The third-order valence-corrected chi connectivity index (χ3v) is 2.29. The van der Waals surface area contributed by atoms with Gasteiger partial charge in [-0.3, -0.25) is 4.79 Å². The molecule has 64 valence electrons. The van der Waals surface area contributed by atoms with E-state index in [9.17, 15) is 4.79 Å². The standard InChI is InChI=1S/C8H11N3O/c1-11-8(12)6-4-2-3-5-7(6)9-10-11/h2-5H2,1H3. The molecule has 0 saturated carbocycles. The summed E-state index contributed by atoms with van der Waals surface area (Å²) >= 11 is 0. The summed E-state index contributed by atoms with van der Waals surface area (Å²) in [6.07, 6.45) is 4.03. The van der Waals surface area contributed by atoms with Crippen LogP contribution in [0.2, 0.25) is 0 Å². The lowest BCUT2D eigenvalue weighted by Crippen LogP contribution is -2.28. The van der Waals surface area contributed by atoms with Crippen molar-refractivity contribution in [2.75, 3.05) is 0 Å². The minimum atomic E-state index is 0.0275. The first-order valence-electron chi connectivity index (χ1n) is 4.21. The number of aryl methyl sites for hydroxylation is 2. The SMILES string of the molecule is Cn1nnc2c(c1=O)CCCC2. The van der Waals surface area contributed by atoms with E-state index < -0.39 is 0 Å². The van der Waals surface area contributed by atoms with E-state index in [1.54, 1.807) is 7.05 Å². The molecule has 4 heteroatoms. The second-order valence-electron chi connectivity index (χ2n) is 3.15. The lowest BCUT2D eigenvalue weighted by Gasteiger charge is -2.12. The zero-order valence-electron chi connectivity index (χ0n) is 7.08. The molecule has 1 aliphatic rings. The van der Waals surface area contributed by atoms with Crippen molar-refractivity contribution in [1.82, 2.24) is 15.0 Å². The van der Waals surface area contributed by atoms with Crippen LogP contribution in [-0.4, -0.2) is 15.0 Å². The number of aromatic nitrogens is 3.